The third kappa shape index (κ3) is 3.70. The van der Waals surface area contributed by atoms with Crippen LogP contribution in [0.2, 0.25) is 0 Å². The highest BCUT2D eigenvalue weighted by molar-refractivity contribution is 7.98. The highest BCUT2D eigenvalue weighted by atomic mass is 32.2. The predicted molar refractivity (Wildman–Crippen MR) is 106 cm³/mol. The number of carbonyl (C=O) groups excluding carboxylic acids is 1. The van der Waals surface area contributed by atoms with Crippen molar-refractivity contribution in [1.82, 2.24) is 14.7 Å². The molecule has 0 radical (unpaired) electrons. The maximum absolute atomic E-state index is 12.7. The van der Waals surface area contributed by atoms with E-state index < -0.39 is 5.97 Å². The van der Waals surface area contributed by atoms with Crippen LogP contribution in [0.15, 0.2) is 82.6 Å². The quantitative estimate of drug-likeness (QED) is 0.353. The summed E-state index contributed by atoms with van der Waals surface area (Å²) in [7, 11) is 0. The van der Waals surface area contributed by atoms with Crippen molar-refractivity contribution in [2.45, 2.75) is 11.8 Å². The maximum Gasteiger partial charge on any atom is 0.357 e. The molecule has 4 aromatic rings. The van der Waals surface area contributed by atoms with Gasteiger partial charge in [-0.25, -0.2) is 9.78 Å². The van der Waals surface area contributed by atoms with Gasteiger partial charge in [-0.05, 0) is 18.4 Å². The van der Waals surface area contributed by atoms with E-state index in [1.54, 1.807) is 10.6 Å². The van der Waals surface area contributed by atoms with Gasteiger partial charge in [0.15, 0.2) is 23.2 Å². The molecular weight excluding hydrogens is 374 g/mol. The number of imidazole rings is 1. The Kier molecular flexibility index (Phi) is 5.25. The zero-order valence-electron chi connectivity index (χ0n) is 15.1. The monoisotopic (exact) mass is 391 g/mol. The summed E-state index contributed by atoms with van der Waals surface area (Å²) in [5.74, 6) is -0.00242. The van der Waals surface area contributed by atoms with E-state index in [4.69, 9.17) is 9.26 Å². The second-order valence-electron chi connectivity index (χ2n) is 5.92. The number of aromatic nitrogens is 3. The number of thioether (sulfide) groups is 1. The molecule has 0 aliphatic heterocycles. The topological polar surface area (TPSA) is 70.2 Å². The number of hydrogen-bond acceptors (Lipinski definition) is 6. The van der Waals surface area contributed by atoms with E-state index in [-0.39, 0.29) is 6.61 Å². The highest BCUT2D eigenvalue weighted by Crippen LogP contribution is 2.23. The van der Waals surface area contributed by atoms with Crippen LogP contribution in [0.4, 0.5) is 0 Å². The fourth-order valence-electron chi connectivity index (χ4n) is 2.79. The van der Waals surface area contributed by atoms with Crippen molar-refractivity contribution >= 4 is 17.7 Å². The second-order valence-corrected chi connectivity index (χ2v) is 6.70. The molecule has 0 fully saturated rings. The molecule has 7 heteroatoms. The number of ether oxygens (including phenoxy) is 1. The minimum absolute atomic E-state index is 0.00671. The molecule has 0 saturated carbocycles. The number of esters is 1. The first kappa shape index (κ1) is 18.1. The van der Waals surface area contributed by atoms with E-state index >= 15 is 0 Å². The minimum atomic E-state index is -0.477. The van der Waals surface area contributed by atoms with E-state index in [0.717, 1.165) is 11.3 Å². The van der Waals surface area contributed by atoms with Crippen LogP contribution in [0.3, 0.4) is 0 Å². The van der Waals surface area contributed by atoms with Crippen LogP contribution >= 0.6 is 11.8 Å². The Hall–Kier alpha value is -3.32. The zero-order chi connectivity index (χ0) is 19.3. The summed E-state index contributed by atoms with van der Waals surface area (Å²) < 4.78 is 12.5. The van der Waals surface area contributed by atoms with Crippen molar-refractivity contribution in [2.75, 3.05) is 6.26 Å². The average molecular weight is 391 g/mol. The van der Waals surface area contributed by atoms with Gasteiger partial charge in [0.1, 0.15) is 5.69 Å². The van der Waals surface area contributed by atoms with Crippen LogP contribution < -0.4 is 0 Å². The van der Waals surface area contributed by atoms with Crippen LogP contribution in [-0.2, 0) is 11.3 Å². The predicted octanol–water partition coefficient (Wildman–Crippen LogP) is 4.61. The zero-order valence-corrected chi connectivity index (χ0v) is 15.9. The summed E-state index contributed by atoms with van der Waals surface area (Å²) in [5.41, 5.74) is 2.85. The molecule has 2 aromatic carbocycles. The van der Waals surface area contributed by atoms with Gasteiger partial charge in [-0.15, -0.1) is 0 Å². The lowest BCUT2D eigenvalue weighted by Crippen LogP contribution is -2.11. The van der Waals surface area contributed by atoms with Crippen molar-refractivity contribution in [3.8, 4) is 16.9 Å². The molecule has 28 heavy (non-hydrogen) atoms. The van der Waals surface area contributed by atoms with Crippen molar-refractivity contribution in [2.24, 2.45) is 0 Å². The first-order chi connectivity index (χ1) is 13.8. The molecule has 140 valence electrons. The van der Waals surface area contributed by atoms with Crippen LogP contribution in [0, 0.1) is 0 Å². The highest BCUT2D eigenvalue weighted by Gasteiger charge is 2.19. The second kappa shape index (κ2) is 8.14. The van der Waals surface area contributed by atoms with Gasteiger partial charge in [-0.2, -0.15) is 0 Å². The van der Waals surface area contributed by atoms with E-state index in [1.165, 1.54) is 18.0 Å². The average Bonchev–Trinajstić information content (AvgIpc) is 3.40. The Morgan fingerprint density at radius 1 is 1.11 bits per heavy atom. The third-order valence-electron chi connectivity index (χ3n) is 4.11. The molecule has 0 atom stereocenters. The molecule has 0 saturated heterocycles. The number of para-hydroxylation sites is 1. The van der Waals surface area contributed by atoms with Crippen LogP contribution in [0.1, 0.15) is 16.2 Å². The normalized spacial score (nSPS) is 10.8. The number of hydrogen-bond donors (Lipinski definition) is 0. The molecule has 0 spiro atoms. The van der Waals surface area contributed by atoms with Gasteiger partial charge in [0.25, 0.3) is 0 Å². The van der Waals surface area contributed by atoms with E-state index in [9.17, 15) is 4.79 Å². The van der Waals surface area contributed by atoms with Crippen LogP contribution in [-0.4, -0.2) is 26.9 Å². The molecular formula is C21H17N3O3S. The summed E-state index contributed by atoms with van der Waals surface area (Å²) in [6.07, 6.45) is 3.44. The first-order valence-corrected chi connectivity index (χ1v) is 9.84. The molecule has 0 amide bonds. The SMILES string of the molecule is CSc1ncc(C(=O)OCc2cc(-c3ccccc3)no2)n1-c1ccccc1. The maximum atomic E-state index is 12.7. The van der Waals surface area contributed by atoms with E-state index in [1.807, 2.05) is 66.9 Å². The van der Waals surface area contributed by atoms with Crippen molar-refractivity contribution < 1.29 is 14.1 Å². The number of nitrogens with zero attached hydrogens (tertiary/aromatic N) is 3. The van der Waals surface area contributed by atoms with Crippen molar-refractivity contribution in [3.63, 3.8) is 0 Å². The van der Waals surface area contributed by atoms with Crippen LogP contribution in [0.25, 0.3) is 16.9 Å². The minimum Gasteiger partial charge on any atom is -0.453 e. The lowest BCUT2D eigenvalue weighted by molar-refractivity contribution is 0.0427. The van der Waals surface area contributed by atoms with Gasteiger partial charge < -0.3 is 9.26 Å². The molecule has 2 heterocycles. The first-order valence-electron chi connectivity index (χ1n) is 8.61. The lowest BCUT2D eigenvalue weighted by atomic mass is 10.1. The summed E-state index contributed by atoms with van der Waals surface area (Å²) in [5, 5.41) is 4.74. The Labute approximate surface area is 166 Å². The van der Waals surface area contributed by atoms with Gasteiger partial charge in [-0.1, -0.05) is 65.4 Å². The summed E-state index contributed by atoms with van der Waals surface area (Å²) in [6.45, 7) is -0.00671. The van der Waals surface area contributed by atoms with Crippen LogP contribution in [0.5, 0.6) is 0 Å². The molecule has 0 bridgehead atoms. The van der Waals surface area contributed by atoms with E-state index in [0.29, 0.717) is 22.3 Å². The molecule has 6 nitrogen and oxygen atoms in total. The Balaban J connectivity index is 1.51. The summed E-state index contributed by atoms with van der Waals surface area (Å²) in [4.78, 5) is 17.0. The fraction of sp³-hybridized carbons (Fsp3) is 0.0952. The van der Waals surface area contributed by atoms with Gasteiger partial charge in [0.2, 0.25) is 0 Å². The van der Waals surface area contributed by atoms with Gasteiger partial charge in [-0.3, -0.25) is 4.57 Å². The van der Waals surface area contributed by atoms with Crippen molar-refractivity contribution in [1.29, 1.82) is 0 Å². The Bertz CT molecular complexity index is 1070. The Morgan fingerprint density at radius 2 is 1.82 bits per heavy atom. The largest absolute Gasteiger partial charge is 0.453 e. The summed E-state index contributed by atoms with van der Waals surface area (Å²) >= 11 is 1.46. The molecule has 2 aromatic heterocycles. The molecule has 0 aliphatic carbocycles. The Morgan fingerprint density at radius 3 is 2.54 bits per heavy atom. The molecule has 4 rings (SSSR count). The molecule has 0 unspecified atom stereocenters. The van der Waals surface area contributed by atoms with Crippen molar-refractivity contribution in [3.05, 3.63) is 84.4 Å². The molecule has 0 aliphatic rings. The van der Waals surface area contributed by atoms with E-state index in [2.05, 4.69) is 10.1 Å². The number of benzene rings is 2. The van der Waals surface area contributed by atoms with Gasteiger partial charge in [0, 0.05) is 17.3 Å². The number of carbonyl (C=O) groups is 1. The third-order valence-corrected chi connectivity index (χ3v) is 4.76. The van der Waals surface area contributed by atoms with Gasteiger partial charge >= 0.3 is 5.97 Å². The number of rotatable bonds is 6. The standard InChI is InChI=1S/C21H17N3O3S/c1-28-21-22-13-19(24(21)16-10-6-3-7-11-16)20(25)26-14-17-12-18(23-27-17)15-8-4-2-5-9-15/h2-13H,14H2,1H3. The summed E-state index contributed by atoms with van der Waals surface area (Å²) in [6, 6.07) is 21.0. The fourth-order valence-corrected chi connectivity index (χ4v) is 3.33. The smallest absolute Gasteiger partial charge is 0.357 e. The van der Waals surface area contributed by atoms with Gasteiger partial charge in [0.05, 0.1) is 6.20 Å². The molecule has 0 N–H and O–H groups in total. The lowest BCUT2D eigenvalue weighted by Gasteiger charge is -2.10.